The molecule has 0 atom stereocenters. The number of ether oxygens (including phenoxy) is 1. The van der Waals surface area contributed by atoms with Crippen molar-refractivity contribution >= 4 is 0 Å². The number of hydrogen-bond acceptors (Lipinski definition) is 2. The lowest BCUT2D eigenvalue weighted by molar-refractivity contribution is 0.305. The van der Waals surface area contributed by atoms with Crippen molar-refractivity contribution in [3.05, 3.63) is 65.0 Å². The van der Waals surface area contributed by atoms with E-state index in [-0.39, 0.29) is 12.4 Å². The zero-order valence-electron chi connectivity index (χ0n) is 11.3. The van der Waals surface area contributed by atoms with Gasteiger partial charge in [-0.25, -0.2) is 4.39 Å². The van der Waals surface area contributed by atoms with Crippen LogP contribution in [0.5, 0.6) is 5.75 Å². The Morgan fingerprint density at radius 2 is 1.90 bits per heavy atom. The molecule has 0 aliphatic rings. The fourth-order valence-electron chi connectivity index (χ4n) is 1.72. The molecule has 0 fully saturated rings. The number of nitrogens with two attached hydrogens (primary N) is 1. The fourth-order valence-corrected chi connectivity index (χ4v) is 1.72. The van der Waals surface area contributed by atoms with Crippen LogP contribution < -0.4 is 10.5 Å². The molecule has 3 heteroatoms. The van der Waals surface area contributed by atoms with Crippen LogP contribution in [0.3, 0.4) is 0 Å². The Kier molecular flexibility index (Phi) is 4.75. The van der Waals surface area contributed by atoms with E-state index in [1.807, 2.05) is 31.2 Å². The van der Waals surface area contributed by atoms with E-state index in [0.717, 1.165) is 5.56 Å². The average Bonchev–Trinajstić information content (AvgIpc) is 2.46. The summed E-state index contributed by atoms with van der Waals surface area (Å²) in [5, 5.41) is 0. The second-order valence-corrected chi connectivity index (χ2v) is 4.42. The lowest BCUT2D eigenvalue weighted by atomic mass is 10.1. The largest absolute Gasteiger partial charge is 0.488 e. The van der Waals surface area contributed by atoms with E-state index in [1.165, 1.54) is 17.7 Å². The van der Waals surface area contributed by atoms with E-state index in [1.54, 1.807) is 6.07 Å². The first-order chi connectivity index (χ1) is 9.69. The Bertz CT molecular complexity index is 638. The van der Waals surface area contributed by atoms with Gasteiger partial charge in [0.15, 0.2) is 0 Å². The highest BCUT2D eigenvalue weighted by molar-refractivity contribution is 5.46. The van der Waals surface area contributed by atoms with Gasteiger partial charge in [-0.1, -0.05) is 41.7 Å². The van der Waals surface area contributed by atoms with E-state index >= 15 is 0 Å². The summed E-state index contributed by atoms with van der Waals surface area (Å²) in [5.41, 5.74) is 8.10. The molecule has 0 bridgehead atoms. The first-order valence-electron chi connectivity index (χ1n) is 6.36. The minimum absolute atomic E-state index is 0.230. The summed E-state index contributed by atoms with van der Waals surface area (Å²) in [7, 11) is 0. The molecular weight excluding hydrogens is 253 g/mol. The molecule has 2 aromatic carbocycles. The van der Waals surface area contributed by atoms with E-state index in [9.17, 15) is 4.39 Å². The maximum absolute atomic E-state index is 13.2. The maximum atomic E-state index is 13.2. The molecule has 0 heterocycles. The Labute approximate surface area is 118 Å². The SMILES string of the molecule is Cc1ccc(COc2ccc(F)cc2C#CCN)cc1. The number of benzene rings is 2. The van der Waals surface area contributed by atoms with Crippen molar-refractivity contribution in [2.75, 3.05) is 6.54 Å². The molecular formula is C17H16FNO. The molecule has 2 N–H and O–H groups in total. The number of rotatable bonds is 3. The van der Waals surface area contributed by atoms with Crippen molar-refractivity contribution in [3.63, 3.8) is 0 Å². The molecule has 0 saturated carbocycles. The van der Waals surface area contributed by atoms with Gasteiger partial charge in [0.25, 0.3) is 0 Å². The van der Waals surface area contributed by atoms with Gasteiger partial charge < -0.3 is 10.5 Å². The Hall–Kier alpha value is -2.31. The van der Waals surface area contributed by atoms with Crippen molar-refractivity contribution in [2.24, 2.45) is 5.73 Å². The van der Waals surface area contributed by atoms with E-state index in [4.69, 9.17) is 10.5 Å². The molecule has 20 heavy (non-hydrogen) atoms. The third-order valence-electron chi connectivity index (χ3n) is 2.78. The normalized spacial score (nSPS) is 9.75. The zero-order chi connectivity index (χ0) is 14.4. The smallest absolute Gasteiger partial charge is 0.135 e. The van der Waals surface area contributed by atoms with Gasteiger partial charge in [-0.2, -0.15) is 0 Å². The highest BCUT2D eigenvalue weighted by Crippen LogP contribution is 2.20. The van der Waals surface area contributed by atoms with Crippen LogP contribution in [0.25, 0.3) is 0 Å². The number of halogens is 1. The highest BCUT2D eigenvalue weighted by atomic mass is 19.1. The second-order valence-electron chi connectivity index (χ2n) is 4.42. The Morgan fingerprint density at radius 1 is 1.15 bits per heavy atom. The summed E-state index contributed by atoms with van der Waals surface area (Å²) < 4.78 is 18.9. The minimum atomic E-state index is -0.339. The van der Waals surface area contributed by atoms with Crippen LogP contribution in [0.2, 0.25) is 0 Å². The molecule has 102 valence electrons. The molecule has 0 aliphatic heterocycles. The van der Waals surface area contributed by atoms with Crippen LogP contribution in [0, 0.1) is 24.6 Å². The maximum Gasteiger partial charge on any atom is 0.135 e. The van der Waals surface area contributed by atoms with Crippen molar-refractivity contribution in [1.82, 2.24) is 0 Å². The molecule has 2 rings (SSSR count). The standard InChI is InChI=1S/C17H16FNO/c1-13-4-6-14(7-5-13)12-20-17-9-8-16(18)11-15(17)3-2-10-19/h4-9,11H,10,12,19H2,1H3. The lowest BCUT2D eigenvalue weighted by Crippen LogP contribution is -1.98. The van der Waals surface area contributed by atoms with Gasteiger partial charge in [-0.3, -0.25) is 0 Å². The van der Waals surface area contributed by atoms with Crippen LogP contribution in [0.1, 0.15) is 16.7 Å². The molecule has 0 spiro atoms. The first kappa shape index (κ1) is 14.1. The Morgan fingerprint density at radius 3 is 2.60 bits per heavy atom. The van der Waals surface area contributed by atoms with Gasteiger partial charge in [0.1, 0.15) is 18.2 Å². The number of hydrogen-bond donors (Lipinski definition) is 1. The molecule has 0 aliphatic carbocycles. The topological polar surface area (TPSA) is 35.2 Å². The van der Waals surface area contributed by atoms with Crippen molar-refractivity contribution in [2.45, 2.75) is 13.5 Å². The second kappa shape index (κ2) is 6.74. The minimum Gasteiger partial charge on any atom is -0.488 e. The third kappa shape index (κ3) is 3.84. The molecule has 0 saturated heterocycles. The quantitative estimate of drug-likeness (QED) is 0.869. The predicted molar refractivity (Wildman–Crippen MR) is 77.8 cm³/mol. The van der Waals surface area contributed by atoms with Crippen LogP contribution in [0.4, 0.5) is 4.39 Å². The van der Waals surface area contributed by atoms with Crippen LogP contribution in [-0.2, 0) is 6.61 Å². The summed E-state index contributed by atoms with van der Waals surface area (Å²) in [5.74, 6) is 5.75. The summed E-state index contributed by atoms with van der Waals surface area (Å²) in [6, 6.07) is 12.4. The summed E-state index contributed by atoms with van der Waals surface area (Å²) in [6.45, 7) is 2.68. The van der Waals surface area contributed by atoms with E-state index < -0.39 is 0 Å². The van der Waals surface area contributed by atoms with Gasteiger partial charge >= 0.3 is 0 Å². The fraction of sp³-hybridized carbons (Fsp3) is 0.176. The van der Waals surface area contributed by atoms with Gasteiger partial charge in [0, 0.05) is 0 Å². The zero-order valence-corrected chi connectivity index (χ0v) is 11.3. The van der Waals surface area contributed by atoms with Gasteiger partial charge in [-0.05, 0) is 30.7 Å². The predicted octanol–water partition coefficient (Wildman–Crippen LogP) is 3.02. The van der Waals surface area contributed by atoms with Crippen molar-refractivity contribution < 1.29 is 9.13 Å². The molecule has 0 radical (unpaired) electrons. The van der Waals surface area contributed by atoms with Crippen LogP contribution in [-0.4, -0.2) is 6.54 Å². The molecule has 0 aromatic heterocycles. The van der Waals surface area contributed by atoms with Crippen LogP contribution in [0.15, 0.2) is 42.5 Å². The summed E-state index contributed by atoms with van der Waals surface area (Å²) >= 11 is 0. The molecule has 0 unspecified atom stereocenters. The third-order valence-corrected chi connectivity index (χ3v) is 2.78. The molecule has 2 nitrogen and oxygen atoms in total. The number of aryl methyl sites for hydroxylation is 1. The van der Waals surface area contributed by atoms with E-state index in [0.29, 0.717) is 17.9 Å². The summed E-state index contributed by atoms with van der Waals surface area (Å²) in [6.07, 6.45) is 0. The first-order valence-corrected chi connectivity index (χ1v) is 6.36. The molecule has 2 aromatic rings. The average molecular weight is 269 g/mol. The monoisotopic (exact) mass is 269 g/mol. The van der Waals surface area contributed by atoms with Crippen LogP contribution >= 0.6 is 0 Å². The van der Waals surface area contributed by atoms with Gasteiger partial charge in [-0.15, -0.1) is 0 Å². The van der Waals surface area contributed by atoms with Crippen molar-refractivity contribution in [3.8, 4) is 17.6 Å². The van der Waals surface area contributed by atoms with E-state index in [2.05, 4.69) is 11.8 Å². The lowest BCUT2D eigenvalue weighted by Gasteiger charge is -2.09. The van der Waals surface area contributed by atoms with Gasteiger partial charge in [0.05, 0.1) is 12.1 Å². The highest BCUT2D eigenvalue weighted by Gasteiger charge is 2.04. The Balaban J connectivity index is 2.14. The molecule has 0 amide bonds. The summed E-state index contributed by atoms with van der Waals surface area (Å²) in [4.78, 5) is 0. The van der Waals surface area contributed by atoms with Gasteiger partial charge in [0.2, 0.25) is 0 Å². The van der Waals surface area contributed by atoms with Crippen molar-refractivity contribution in [1.29, 1.82) is 0 Å².